The van der Waals surface area contributed by atoms with Crippen molar-refractivity contribution in [1.29, 1.82) is 0 Å². The SMILES string of the molecule is COC(=O)C1CCc2cc(Cl)ncc2C1O. The maximum atomic E-state index is 11.4. The summed E-state index contributed by atoms with van der Waals surface area (Å²) in [5.74, 6) is -0.881. The zero-order chi connectivity index (χ0) is 11.7. The molecule has 5 heteroatoms. The number of aliphatic hydroxyl groups is 1. The minimum atomic E-state index is -0.846. The minimum Gasteiger partial charge on any atom is -0.469 e. The maximum Gasteiger partial charge on any atom is 0.311 e. The molecule has 0 aromatic carbocycles. The lowest BCUT2D eigenvalue weighted by atomic mass is 9.82. The number of aryl methyl sites for hydroxylation is 1. The van der Waals surface area contributed by atoms with Crippen LogP contribution in [0.5, 0.6) is 0 Å². The van der Waals surface area contributed by atoms with Crippen molar-refractivity contribution in [1.82, 2.24) is 4.98 Å². The molecule has 0 aliphatic heterocycles. The Morgan fingerprint density at radius 3 is 3.12 bits per heavy atom. The van der Waals surface area contributed by atoms with Crippen molar-refractivity contribution in [2.45, 2.75) is 18.9 Å². The number of esters is 1. The average Bonchev–Trinajstić information content (AvgIpc) is 2.28. The number of halogens is 1. The molecule has 0 radical (unpaired) electrons. The second kappa shape index (κ2) is 4.39. The molecule has 2 atom stereocenters. The van der Waals surface area contributed by atoms with Crippen LogP contribution in [0.3, 0.4) is 0 Å². The van der Waals surface area contributed by atoms with Crippen LogP contribution in [0.4, 0.5) is 0 Å². The van der Waals surface area contributed by atoms with Crippen molar-refractivity contribution in [2.24, 2.45) is 5.92 Å². The molecule has 0 saturated heterocycles. The summed E-state index contributed by atoms with van der Waals surface area (Å²) in [6.45, 7) is 0. The Morgan fingerprint density at radius 1 is 1.69 bits per heavy atom. The predicted octanol–water partition coefficient (Wildman–Crippen LogP) is 1.50. The van der Waals surface area contributed by atoms with Crippen molar-refractivity contribution >= 4 is 17.6 Å². The van der Waals surface area contributed by atoms with E-state index >= 15 is 0 Å². The molecule has 2 rings (SSSR count). The number of carbonyl (C=O) groups is 1. The molecule has 86 valence electrons. The van der Waals surface area contributed by atoms with Crippen LogP contribution >= 0.6 is 11.6 Å². The zero-order valence-corrected chi connectivity index (χ0v) is 9.57. The molecule has 1 N–H and O–H groups in total. The number of hydrogen-bond acceptors (Lipinski definition) is 4. The summed E-state index contributed by atoms with van der Waals surface area (Å²) in [6.07, 6.45) is 1.95. The third-order valence-electron chi connectivity index (χ3n) is 2.92. The highest BCUT2D eigenvalue weighted by Crippen LogP contribution is 2.35. The van der Waals surface area contributed by atoms with Crippen LogP contribution in [0.2, 0.25) is 5.15 Å². The number of carbonyl (C=O) groups excluding carboxylic acids is 1. The van der Waals surface area contributed by atoms with Crippen LogP contribution in [0.25, 0.3) is 0 Å². The second-order valence-electron chi connectivity index (χ2n) is 3.82. The first-order valence-electron chi connectivity index (χ1n) is 5.03. The van der Waals surface area contributed by atoms with E-state index in [4.69, 9.17) is 11.6 Å². The van der Waals surface area contributed by atoms with E-state index in [0.717, 1.165) is 5.56 Å². The summed E-state index contributed by atoms with van der Waals surface area (Å²) >= 11 is 5.77. The molecule has 1 aliphatic carbocycles. The lowest BCUT2D eigenvalue weighted by Crippen LogP contribution is -2.28. The summed E-state index contributed by atoms with van der Waals surface area (Å²) in [4.78, 5) is 15.3. The van der Waals surface area contributed by atoms with E-state index in [2.05, 4.69) is 9.72 Å². The molecule has 1 heterocycles. The van der Waals surface area contributed by atoms with Gasteiger partial charge in [0.1, 0.15) is 5.15 Å². The number of aromatic nitrogens is 1. The summed E-state index contributed by atoms with van der Waals surface area (Å²) in [5.41, 5.74) is 1.62. The molecule has 0 spiro atoms. The molecule has 2 unspecified atom stereocenters. The quantitative estimate of drug-likeness (QED) is 0.598. The number of nitrogens with zero attached hydrogens (tertiary/aromatic N) is 1. The molecule has 1 aliphatic rings. The fourth-order valence-electron chi connectivity index (χ4n) is 2.05. The van der Waals surface area contributed by atoms with Gasteiger partial charge in [0.15, 0.2) is 0 Å². The van der Waals surface area contributed by atoms with Crippen LogP contribution in [0.15, 0.2) is 12.3 Å². The molecule has 4 nitrogen and oxygen atoms in total. The van der Waals surface area contributed by atoms with E-state index in [1.165, 1.54) is 13.3 Å². The van der Waals surface area contributed by atoms with Crippen LogP contribution in [-0.2, 0) is 16.0 Å². The average molecular weight is 242 g/mol. The van der Waals surface area contributed by atoms with Crippen LogP contribution in [0, 0.1) is 5.92 Å². The Hall–Kier alpha value is -1.13. The van der Waals surface area contributed by atoms with Crippen molar-refractivity contribution in [3.8, 4) is 0 Å². The van der Waals surface area contributed by atoms with E-state index < -0.39 is 12.0 Å². The van der Waals surface area contributed by atoms with Gasteiger partial charge in [0, 0.05) is 11.8 Å². The number of fused-ring (bicyclic) bond motifs is 1. The largest absolute Gasteiger partial charge is 0.469 e. The van der Waals surface area contributed by atoms with Gasteiger partial charge in [-0.1, -0.05) is 11.6 Å². The number of ether oxygens (including phenoxy) is 1. The fraction of sp³-hybridized carbons (Fsp3) is 0.455. The number of hydrogen-bond donors (Lipinski definition) is 1. The number of pyridine rings is 1. The third kappa shape index (κ3) is 1.90. The van der Waals surface area contributed by atoms with E-state index in [-0.39, 0.29) is 5.97 Å². The Bertz CT molecular complexity index is 422. The van der Waals surface area contributed by atoms with Gasteiger partial charge in [-0.15, -0.1) is 0 Å². The molecule has 0 bridgehead atoms. The standard InChI is InChI=1S/C11H12ClNO3/c1-16-11(15)7-3-2-6-4-9(12)13-5-8(6)10(7)14/h4-5,7,10,14H,2-3H2,1H3. The summed E-state index contributed by atoms with van der Waals surface area (Å²) in [7, 11) is 1.32. The highest BCUT2D eigenvalue weighted by Gasteiger charge is 2.34. The smallest absolute Gasteiger partial charge is 0.311 e. The Labute approximate surface area is 98.2 Å². The van der Waals surface area contributed by atoms with Gasteiger partial charge < -0.3 is 9.84 Å². The zero-order valence-electron chi connectivity index (χ0n) is 8.81. The maximum absolute atomic E-state index is 11.4. The van der Waals surface area contributed by atoms with Crippen LogP contribution in [0.1, 0.15) is 23.7 Å². The molecule has 1 aromatic heterocycles. The Morgan fingerprint density at radius 2 is 2.44 bits per heavy atom. The number of rotatable bonds is 1. The van der Waals surface area contributed by atoms with Gasteiger partial charge >= 0.3 is 5.97 Å². The third-order valence-corrected chi connectivity index (χ3v) is 3.13. The predicted molar refractivity (Wildman–Crippen MR) is 58.0 cm³/mol. The van der Waals surface area contributed by atoms with Crippen LogP contribution < -0.4 is 0 Å². The molecule has 16 heavy (non-hydrogen) atoms. The molecule has 1 aromatic rings. The van der Waals surface area contributed by atoms with Gasteiger partial charge in [-0.2, -0.15) is 0 Å². The van der Waals surface area contributed by atoms with Crippen molar-refractivity contribution in [3.63, 3.8) is 0 Å². The van der Waals surface area contributed by atoms with Gasteiger partial charge in [0.25, 0.3) is 0 Å². The van der Waals surface area contributed by atoms with Crippen molar-refractivity contribution in [2.75, 3.05) is 7.11 Å². The molecule has 0 saturated carbocycles. The molecule has 0 fully saturated rings. The molecular formula is C11H12ClNO3. The summed E-state index contributed by atoms with van der Waals surface area (Å²) < 4.78 is 4.65. The van der Waals surface area contributed by atoms with E-state index in [1.807, 2.05) is 0 Å². The summed E-state index contributed by atoms with van der Waals surface area (Å²) in [6, 6.07) is 1.73. The van der Waals surface area contributed by atoms with Crippen LogP contribution in [-0.4, -0.2) is 23.2 Å². The highest BCUT2D eigenvalue weighted by atomic mass is 35.5. The lowest BCUT2D eigenvalue weighted by molar-refractivity contribution is -0.150. The van der Waals surface area contributed by atoms with Gasteiger partial charge in [-0.05, 0) is 24.5 Å². The highest BCUT2D eigenvalue weighted by molar-refractivity contribution is 6.29. The fourth-order valence-corrected chi connectivity index (χ4v) is 2.23. The first-order valence-corrected chi connectivity index (χ1v) is 5.41. The number of methoxy groups -OCH3 is 1. The van der Waals surface area contributed by atoms with Gasteiger partial charge in [-0.25, -0.2) is 4.98 Å². The second-order valence-corrected chi connectivity index (χ2v) is 4.21. The Balaban J connectivity index is 2.32. The van der Waals surface area contributed by atoms with E-state index in [1.54, 1.807) is 6.07 Å². The molecular weight excluding hydrogens is 230 g/mol. The monoisotopic (exact) mass is 241 g/mol. The van der Waals surface area contributed by atoms with Gasteiger partial charge in [0.05, 0.1) is 19.1 Å². The van der Waals surface area contributed by atoms with Crippen molar-refractivity contribution in [3.05, 3.63) is 28.5 Å². The topological polar surface area (TPSA) is 59.4 Å². The van der Waals surface area contributed by atoms with Crippen molar-refractivity contribution < 1.29 is 14.6 Å². The van der Waals surface area contributed by atoms with E-state index in [0.29, 0.717) is 23.6 Å². The first kappa shape index (κ1) is 11.4. The Kier molecular flexibility index (Phi) is 3.12. The summed E-state index contributed by atoms with van der Waals surface area (Å²) in [5, 5.41) is 10.4. The molecule has 0 amide bonds. The normalized spacial score (nSPS) is 23.7. The van der Waals surface area contributed by atoms with E-state index in [9.17, 15) is 9.90 Å². The lowest BCUT2D eigenvalue weighted by Gasteiger charge is -2.27. The van der Waals surface area contributed by atoms with Gasteiger partial charge in [0.2, 0.25) is 0 Å². The number of aliphatic hydroxyl groups excluding tert-OH is 1. The minimum absolute atomic E-state index is 0.381. The first-order chi connectivity index (χ1) is 7.63. The van der Waals surface area contributed by atoms with Gasteiger partial charge in [-0.3, -0.25) is 4.79 Å².